The Labute approximate surface area is 109 Å². The van der Waals surface area contributed by atoms with E-state index in [1.54, 1.807) is 0 Å². The van der Waals surface area contributed by atoms with Gasteiger partial charge in [-0.1, -0.05) is 26.7 Å². The summed E-state index contributed by atoms with van der Waals surface area (Å²) in [5.41, 5.74) is 0. The Morgan fingerprint density at radius 2 is 1.78 bits per heavy atom. The zero-order valence-corrected chi connectivity index (χ0v) is 12.0. The molecule has 5 nitrogen and oxygen atoms in total. The van der Waals surface area contributed by atoms with Crippen molar-refractivity contribution in [2.45, 2.75) is 57.7 Å². The Hall–Kier alpha value is -0.620. The van der Waals surface area contributed by atoms with E-state index >= 15 is 0 Å². The Bertz CT molecular complexity index is 391. The van der Waals surface area contributed by atoms with Crippen LogP contribution in [0.1, 0.15) is 46.5 Å². The van der Waals surface area contributed by atoms with Gasteiger partial charge in [0.15, 0.2) is 5.25 Å². The molecule has 0 amide bonds. The van der Waals surface area contributed by atoms with E-state index in [1.807, 2.05) is 0 Å². The maximum Gasteiger partial charge on any atom is 0.323 e. The van der Waals surface area contributed by atoms with Gasteiger partial charge in [-0.3, -0.25) is 4.79 Å². The molecule has 0 heterocycles. The van der Waals surface area contributed by atoms with Crippen LogP contribution in [0, 0.1) is 11.8 Å². The third-order valence-electron chi connectivity index (χ3n) is 3.80. The quantitative estimate of drug-likeness (QED) is 0.799. The number of hydrogen-bond acceptors (Lipinski definition) is 3. The van der Waals surface area contributed by atoms with Crippen LogP contribution < -0.4 is 4.72 Å². The molecular formula is C12H23NO4S. The summed E-state index contributed by atoms with van der Waals surface area (Å²) in [5, 5.41) is 7.41. The molecule has 0 saturated heterocycles. The molecule has 1 saturated carbocycles. The van der Waals surface area contributed by atoms with Gasteiger partial charge in [0.2, 0.25) is 10.0 Å². The number of nitrogens with one attached hydrogen (secondary N) is 1. The molecule has 0 spiro atoms. The number of carboxylic acids is 1. The first-order valence-electron chi connectivity index (χ1n) is 6.49. The van der Waals surface area contributed by atoms with Crippen molar-refractivity contribution in [1.29, 1.82) is 0 Å². The Morgan fingerprint density at radius 1 is 1.22 bits per heavy atom. The lowest BCUT2D eigenvalue weighted by molar-refractivity contribution is -0.136. The highest BCUT2D eigenvalue weighted by Crippen LogP contribution is 2.30. The zero-order chi connectivity index (χ0) is 13.9. The van der Waals surface area contributed by atoms with Gasteiger partial charge in [0, 0.05) is 6.04 Å². The van der Waals surface area contributed by atoms with E-state index in [1.165, 1.54) is 6.92 Å². The number of hydrogen-bond donors (Lipinski definition) is 2. The lowest BCUT2D eigenvalue weighted by atomic mass is 9.78. The number of aliphatic carboxylic acids is 1. The summed E-state index contributed by atoms with van der Waals surface area (Å²) in [6.45, 7) is 5.37. The average Bonchev–Trinajstić information content (AvgIpc) is 2.27. The largest absolute Gasteiger partial charge is 0.480 e. The van der Waals surface area contributed by atoms with E-state index < -0.39 is 21.2 Å². The summed E-state index contributed by atoms with van der Waals surface area (Å²) in [6, 6.07) is -0.120. The van der Waals surface area contributed by atoms with Crippen LogP contribution in [0.2, 0.25) is 0 Å². The molecule has 1 aliphatic carbocycles. The van der Waals surface area contributed by atoms with Crippen molar-refractivity contribution in [3.63, 3.8) is 0 Å². The van der Waals surface area contributed by atoms with Crippen LogP contribution in [0.15, 0.2) is 0 Å². The first kappa shape index (κ1) is 15.4. The summed E-state index contributed by atoms with van der Waals surface area (Å²) in [4.78, 5) is 10.8. The second-order valence-electron chi connectivity index (χ2n) is 5.44. The van der Waals surface area contributed by atoms with E-state index in [2.05, 4.69) is 18.6 Å². The Morgan fingerprint density at radius 3 is 2.28 bits per heavy atom. The predicted molar refractivity (Wildman–Crippen MR) is 69.7 cm³/mol. The van der Waals surface area contributed by atoms with Gasteiger partial charge < -0.3 is 5.11 Å². The molecule has 0 radical (unpaired) electrons. The van der Waals surface area contributed by atoms with Gasteiger partial charge in [0.1, 0.15) is 0 Å². The maximum absolute atomic E-state index is 11.9. The number of sulfonamides is 1. The van der Waals surface area contributed by atoms with Crippen LogP contribution in [-0.4, -0.2) is 30.8 Å². The lowest BCUT2D eigenvalue weighted by Crippen LogP contribution is -2.48. The minimum absolute atomic E-state index is 0.120. The minimum atomic E-state index is -3.78. The van der Waals surface area contributed by atoms with E-state index in [4.69, 9.17) is 5.11 Å². The third kappa shape index (κ3) is 3.68. The molecule has 3 atom stereocenters. The van der Waals surface area contributed by atoms with Gasteiger partial charge in [-0.05, 0) is 31.6 Å². The fourth-order valence-electron chi connectivity index (χ4n) is 2.55. The Balaban J connectivity index is 2.78. The monoisotopic (exact) mass is 277 g/mol. The van der Waals surface area contributed by atoms with Crippen LogP contribution in [-0.2, 0) is 14.8 Å². The van der Waals surface area contributed by atoms with Gasteiger partial charge in [-0.15, -0.1) is 0 Å². The summed E-state index contributed by atoms with van der Waals surface area (Å²) >= 11 is 0. The second kappa shape index (κ2) is 6.02. The van der Waals surface area contributed by atoms with Gasteiger partial charge in [-0.25, -0.2) is 13.1 Å². The summed E-state index contributed by atoms with van der Waals surface area (Å²) < 4.78 is 26.4. The molecule has 1 rings (SSSR count). The maximum atomic E-state index is 11.9. The fourth-order valence-corrected chi connectivity index (χ4v) is 3.73. The van der Waals surface area contributed by atoms with Crippen LogP contribution in [0.3, 0.4) is 0 Å². The van der Waals surface area contributed by atoms with Crippen LogP contribution in [0.4, 0.5) is 0 Å². The lowest BCUT2D eigenvalue weighted by Gasteiger charge is -2.35. The molecule has 0 aromatic rings. The molecule has 2 N–H and O–H groups in total. The molecule has 18 heavy (non-hydrogen) atoms. The van der Waals surface area contributed by atoms with Crippen LogP contribution >= 0.6 is 0 Å². The fraction of sp³-hybridized carbons (Fsp3) is 0.917. The minimum Gasteiger partial charge on any atom is -0.480 e. The first-order valence-corrected chi connectivity index (χ1v) is 8.04. The van der Waals surface area contributed by atoms with Crippen LogP contribution in [0.25, 0.3) is 0 Å². The first-order chi connectivity index (χ1) is 8.25. The highest BCUT2D eigenvalue weighted by molar-refractivity contribution is 7.90. The number of carboxylic acid groups (broad SMARTS) is 1. The molecule has 1 aliphatic rings. The molecular weight excluding hydrogens is 254 g/mol. The molecule has 3 unspecified atom stereocenters. The van der Waals surface area contributed by atoms with Crippen molar-refractivity contribution in [2.24, 2.45) is 11.8 Å². The molecule has 0 aromatic heterocycles. The van der Waals surface area contributed by atoms with E-state index in [0.717, 1.165) is 25.7 Å². The SMILES string of the molecule is CC(C)C1CCCCC1NS(=O)(=O)C(C)C(=O)O. The number of carbonyl (C=O) groups is 1. The average molecular weight is 277 g/mol. The molecule has 0 bridgehead atoms. The van der Waals surface area contributed by atoms with Crippen molar-refractivity contribution < 1.29 is 18.3 Å². The van der Waals surface area contributed by atoms with E-state index in [0.29, 0.717) is 11.8 Å². The van der Waals surface area contributed by atoms with E-state index in [9.17, 15) is 13.2 Å². The van der Waals surface area contributed by atoms with Crippen molar-refractivity contribution in [2.75, 3.05) is 0 Å². The van der Waals surface area contributed by atoms with Gasteiger partial charge in [0.25, 0.3) is 0 Å². The van der Waals surface area contributed by atoms with Crippen molar-refractivity contribution in [3.8, 4) is 0 Å². The van der Waals surface area contributed by atoms with Crippen molar-refractivity contribution in [3.05, 3.63) is 0 Å². The summed E-state index contributed by atoms with van der Waals surface area (Å²) in [6.07, 6.45) is 3.92. The standard InChI is InChI=1S/C12H23NO4S/c1-8(2)10-6-4-5-7-11(10)13-18(16,17)9(3)12(14)15/h8-11,13H,4-7H2,1-3H3,(H,14,15). The highest BCUT2D eigenvalue weighted by Gasteiger charge is 2.34. The molecule has 6 heteroatoms. The van der Waals surface area contributed by atoms with E-state index in [-0.39, 0.29) is 6.04 Å². The molecule has 106 valence electrons. The van der Waals surface area contributed by atoms with Gasteiger partial charge >= 0.3 is 5.97 Å². The van der Waals surface area contributed by atoms with Crippen molar-refractivity contribution in [1.82, 2.24) is 4.72 Å². The predicted octanol–water partition coefficient (Wildman–Crippen LogP) is 1.59. The van der Waals surface area contributed by atoms with Gasteiger partial charge in [-0.2, -0.15) is 0 Å². The second-order valence-corrected chi connectivity index (χ2v) is 7.47. The molecule has 0 aromatic carbocycles. The highest BCUT2D eigenvalue weighted by atomic mass is 32.2. The normalized spacial score (nSPS) is 27.1. The van der Waals surface area contributed by atoms with Crippen molar-refractivity contribution >= 4 is 16.0 Å². The molecule has 0 aliphatic heterocycles. The zero-order valence-electron chi connectivity index (χ0n) is 11.2. The smallest absolute Gasteiger partial charge is 0.323 e. The summed E-state index contributed by atoms with van der Waals surface area (Å²) in [5.74, 6) is -0.605. The third-order valence-corrected chi connectivity index (χ3v) is 5.57. The summed E-state index contributed by atoms with van der Waals surface area (Å²) in [7, 11) is -3.78. The number of rotatable bonds is 5. The van der Waals surface area contributed by atoms with Crippen LogP contribution in [0.5, 0.6) is 0 Å². The van der Waals surface area contributed by atoms with Gasteiger partial charge in [0.05, 0.1) is 0 Å². The molecule has 1 fully saturated rings. The Kier molecular flexibility index (Phi) is 5.16. The topological polar surface area (TPSA) is 83.5 Å².